The molecule has 1 N–H and O–H groups in total. The Bertz CT molecular complexity index is 774. The fourth-order valence-electron chi connectivity index (χ4n) is 2.43. The van der Waals surface area contributed by atoms with Crippen molar-refractivity contribution in [3.05, 3.63) is 40.4 Å². The quantitative estimate of drug-likeness (QED) is 0.583. The number of amides is 1. The highest BCUT2D eigenvalue weighted by atomic mass is 79.9. The first-order valence-electron chi connectivity index (χ1n) is 7.30. The Hall–Kier alpha value is -1.67. The van der Waals surface area contributed by atoms with Crippen LogP contribution in [0.2, 0.25) is 0 Å². The van der Waals surface area contributed by atoms with Gasteiger partial charge in [0.15, 0.2) is 16.4 Å². The van der Waals surface area contributed by atoms with Crippen LogP contribution in [0.4, 0.5) is 0 Å². The summed E-state index contributed by atoms with van der Waals surface area (Å²) in [6.45, 7) is 1.22. The van der Waals surface area contributed by atoms with Crippen LogP contribution in [0.1, 0.15) is 18.9 Å². The molecule has 1 aliphatic rings. The molecule has 2 rings (SSSR count). The number of carbonyl (C=O) groups is 2. The highest BCUT2D eigenvalue weighted by Crippen LogP contribution is 2.22. The van der Waals surface area contributed by atoms with E-state index in [2.05, 4.69) is 21.2 Å². The Balaban J connectivity index is 1.82. The van der Waals surface area contributed by atoms with Gasteiger partial charge in [0.25, 0.3) is 5.91 Å². The molecule has 0 unspecified atom stereocenters. The molecule has 24 heavy (non-hydrogen) atoms. The van der Waals surface area contributed by atoms with E-state index in [1.165, 1.54) is 6.08 Å². The lowest BCUT2D eigenvalue weighted by atomic mass is 10.0. The lowest BCUT2D eigenvalue weighted by molar-refractivity contribution is -0.144. The Morgan fingerprint density at radius 2 is 2.08 bits per heavy atom. The summed E-state index contributed by atoms with van der Waals surface area (Å²) in [5.74, 6) is -1.21. The smallest absolute Gasteiger partial charge is 0.331 e. The summed E-state index contributed by atoms with van der Waals surface area (Å²) >= 11 is 3.36. The zero-order valence-corrected chi connectivity index (χ0v) is 15.5. The summed E-state index contributed by atoms with van der Waals surface area (Å²) in [5, 5.41) is 2.62. The third-order valence-corrected chi connectivity index (χ3v) is 6.22. The Labute approximate surface area is 149 Å². The Kier molecular flexibility index (Phi) is 5.82. The topological polar surface area (TPSA) is 89.5 Å². The van der Waals surface area contributed by atoms with Crippen LogP contribution in [0.5, 0.6) is 0 Å². The molecule has 0 bridgehead atoms. The second-order valence-corrected chi connectivity index (χ2v) is 8.95. The first-order valence-corrected chi connectivity index (χ1v) is 9.91. The van der Waals surface area contributed by atoms with Gasteiger partial charge >= 0.3 is 5.97 Å². The van der Waals surface area contributed by atoms with Crippen molar-refractivity contribution < 1.29 is 22.7 Å². The number of benzene rings is 1. The molecular weight excluding hydrogens is 398 g/mol. The van der Waals surface area contributed by atoms with E-state index in [0.29, 0.717) is 6.42 Å². The third kappa shape index (κ3) is 5.45. The van der Waals surface area contributed by atoms with Crippen LogP contribution in [0.25, 0.3) is 6.08 Å². The average molecular weight is 416 g/mol. The minimum atomic E-state index is -3.11. The predicted octanol–water partition coefficient (Wildman–Crippen LogP) is 1.70. The molecule has 8 heteroatoms. The minimum Gasteiger partial charge on any atom is -0.452 e. The lowest BCUT2D eigenvalue weighted by Gasteiger charge is -2.23. The van der Waals surface area contributed by atoms with Crippen LogP contribution < -0.4 is 5.32 Å². The van der Waals surface area contributed by atoms with Crippen molar-refractivity contribution in [2.24, 2.45) is 0 Å². The van der Waals surface area contributed by atoms with Gasteiger partial charge in [0.05, 0.1) is 17.0 Å². The van der Waals surface area contributed by atoms with E-state index < -0.39 is 33.9 Å². The molecule has 1 aromatic carbocycles. The summed E-state index contributed by atoms with van der Waals surface area (Å²) in [4.78, 5) is 23.5. The van der Waals surface area contributed by atoms with Gasteiger partial charge in [-0.25, -0.2) is 13.2 Å². The third-order valence-electron chi connectivity index (χ3n) is 3.59. The van der Waals surface area contributed by atoms with Crippen molar-refractivity contribution in [2.75, 3.05) is 18.1 Å². The van der Waals surface area contributed by atoms with Crippen LogP contribution in [-0.2, 0) is 24.2 Å². The van der Waals surface area contributed by atoms with Gasteiger partial charge in [-0.1, -0.05) is 34.1 Å². The number of sulfone groups is 1. The molecular formula is C16H18BrNO5S. The first kappa shape index (κ1) is 18.7. The molecule has 130 valence electrons. The van der Waals surface area contributed by atoms with Crippen LogP contribution in [0, 0.1) is 0 Å². The fraction of sp³-hybridized carbons (Fsp3) is 0.375. The zero-order chi connectivity index (χ0) is 17.8. The molecule has 6 nitrogen and oxygen atoms in total. The van der Waals surface area contributed by atoms with Crippen molar-refractivity contribution in [1.82, 2.24) is 5.32 Å². The number of halogens is 1. The van der Waals surface area contributed by atoms with Crippen LogP contribution >= 0.6 is 15.9 Å². The monoisotopic (exact) mass is 415 g/mol. The second kappa shape index (κ2) is 7.48. The van der Waals surface area contributed by atoms with E-state index in [0.717, 1.165) is 10.0 Å². The average Bonchev–Trinajstić information content (AvgIpc) is 2.77. The lowest BCUT2D eigenvalue weighted by Crippen LogP contribution is -2.48. The highest BCUT2D eigenvalue weighted by molar-refractivity contribution is 9.10. The summed E-state index contributed by atoms with van der Waals surface area (Å²) in [6, 6.07) is 7.35. The summed E-state index contributed by atoms with van der Waals surface area (Å²) < 4.78 is 28.7. The van der Waals surface area contributed by atoms with Gasteiger partial charge in [0, 0.05) is 10.5 Å². The zero-order valence-electron chi connectivity index (χ0n) is 13.1. The molecule has 0 aromatic heterocycles. The Morgan fingerprint density at radius 3 is 2.71 bits per heavy atom. The molecule has 1 heterocycles. The molecule has 1 atom stereocenters. The van der Waals surface area contributed by atoms with E-state index in [-0.39, 0.29) is 11.5 Å². The summed E-state index contributed by atoms with van der Waals surface area (Å²) in [6.07, 6.45) is 3.17. The van der Waals surface area contributed by atoms with Crippen molar-refractivity contribution in [3.63, 3.8) is 0 Å². The van der Waals surface area contributed by atoms with Crippen LogP contribution in [-0.4, -0.2) is 43.9 Å². The van der Waals surface area contributed by atoms with E-state index in [1.54, 1.807) is 13.0 Å². The van der Waals surface area contributed by atoms with Gasteiger partial charge < -0.3 is 10.1 Å². The Morgan fingerprint density at radius 1 is 1.38 bits per heavy atom. The van der Waals surface area contributed by atoms with Crippen molar-refractivity contribution in [3.8, 4) is 0 Å². The van der Waals surface area contributed by atoms with E-state index in [1.807, 2.05) is 24.3 Å². The number of carbonyl (C=O) groups excluding carboxylic acids is 2. The molecule has 0 saturated carbocycles. The van der Waals surface area contributed by atoms with Gasteiger partial charge in [0.2, 0.25) is 0 Å². The van der Waals surface area contributed by atoms with Crippen molar-refractivity contribution in [2.45, 2.75) is 18.9 Å². The summed E-state index contributed by atoms with van der Waals surface area (Å²) in [5.41, 5.74) is 0.00939. The number of ether oxygens (including phenoxy) is 1. The van der Waals surface area contributed by atoms with Gasteiger partial charge in [-0.15, -0.1) is 0 Å². The standard InChI is InChI=1S/C16H18BrNO5S/c1-16(8-9-24(21,22)11-16)18-14(19)10-23-15(20)7-6-12-4-2-3-5-13(12)17/h2-7H,8-11H2,1H3,(H,18,19)/b7-6+/t16-/m1/s1. The van der Waals surface area contributed by atoms with Crippen molar-refractivity contribution in [1.29, 1.82) is 0 Å². The van der Waals surface area contributed by atoms with Gasteiger partial charge in [-0.2, -0.15) is 0 Å². The summed E-state index contributed by atoms with van der Waals surface area (Å²) in [7, 11) is -3.11. The largest absolute Gasteiger partial charge is 0.452 e. The number of hydrogen-bond donors (Lipinski definition) is 1. The number of hydrogen-bond acceptors (Lipinski definition) is 5. The molecule has 0 radical (unpaired) electrons. The molecule has 1 aliphatic heterocycles. The molecule has 1 aromatic rings. The second-order valence-electron chi connectivity index (χ2n) is 5.91. The fourth-order valence-corrected chi connectivity index (χ4v) is 4.94. The van der Waals surface area contributed by atoms with E-state index in [9.17, 15) is 18.0 Å². The number of nitrogens with one attached hydrogen (secondary N) is 1. The maximum absolute atomic E-state index is 11.8. The molecule has 1 saturated heterocycles. The maximum atomic E-state index is 11.8. The maximum Gasteiger partial charge on any atom is 0.331 e. The number of esters is 1. The van der Waals surface area contributed by atoms with E-state index >= 15 is 0 Å². The van der Waals surface area contributed by atoms with Gasteiger partial charge in [-0.3, -0.25) is 4.79 Å². The van der Waals surface area contributed by atoms with Crippen LogP contribution in [0.15, 0.2) is 34.8 Å². The van der Waals surface area contributed by atoms with Crippen LogP contribution in [0.3, 0.4) is 0 Å². The molecule has 0 spiro atoms. The SMILES string of the molecule is C[C@@]1(NC(=O)COC(=O)/C=C/c2ccccc2Br)CCS(=O)(=O)C1. The molecule has 1 fully saturated rings. The highest BCUT2D eigenvalue weighted by Gasteiger charge is 2.39. The van der Waals surface area contributed by atoms with E-state index in [4.69, 9.17) is 4.74 Å². The van der Waals surface area contributed by atoms with Gasteiger partial charge in [0.1, 0.15) is 0 Å². The number of rotatable bonds is 5. The minimum absolute atomic E-state index is 0.0538. The van der Waals surface area contributed by atoms with Crippen molar-refractivity contribution >= 4 is 43.7 Å². The molecule has 1 amide bonds. The first-order chi connectivity index (χ1) is 11.2. The predicted molar refractivity (Wildman–Crippen MR) is 94.0 cm³/mol. The molecule has 0 aliphatic carbocycles. The van der Waals surface area contributed by atoms with Gasteiger partial charge in [-0.05, 0) is 31.1 Å². The normalized spacial score (nSPS) is 22.4.